The van der Waals surface area contributed by atoms with E-state index in [1.807, 2.05) is 24.3 Å². The Morgan fingerprint density at radius 3 is 2.88 bits per heavy atom. The van der Waals surface area contributed by atoms with Crippen LogP contribution in [0.2, 0.25) is 0 Å². The van der Waals surface area contributed by atoms with Crippen LogP contribution in [-0.2, 0) is 7.05 Å². The first kappa shape index (κ1) is 17.4. The molecule has 0 bridgehead atoms. The zero-order valence-corrected chi connectivity index (χ0v) is 13.9. The molecule has 3 N–H and O–H groups in total. The van der Waals surface area contributed by atoms with Crippen LogP contribution in [0.5, 0.6) is 5.75 Å². The molecule has 124 valence electrons. The highest BCUT2D eigenvalue weighted by Crippen LogP contribution is 2.21. The predicted molar refractivity (Wildman–Crippen MR) is 93.5 cm³/mol. The van der Waals surface area contributed by atoms with Crippen molar-refractivity contribution in [1.82, 2.24) is 14.9 Å². The van der Waals surface area contributed by atoms with Gasteiger partial charge in [0.25, 0.3) is 0 Å². The van der Waals surface area contributed by atoms with Gasteiger partial charge in [-0.3, -0.25) is 5.32 Å². The van der Waals surface area contributed by atoms with Crippen LogP contribution in [0.4, 0.5) is 5.82 Å². The molecule has 0 amide bonds. The number of hydrogen-bond acceptors (Lipinski definition) is 5. The first-order valence-corrected chi connectivity index (χ1v) is 7.36. The summed E-state index contributed by atoms with van der Waals surface area (Å²) in [7, 11) is 5.14. The van der Waals surface area contributed by atoms with Crippen molar-refractivity contribution in [3.63, 3.8) is 0 Å². The molecule has 1 atom stereocenters. The SMILES string of the molecule is C#CCNC(O)c1c(NC)nc(C#Cc2cccc(OC)c2)n1C. The second-order valence-corrected chi connectivity index (χ2v) is 4.95. The van der Waals surface area contributed by atoms with Gasteiger partial charge in [0.2, 0.25) is 0 Å². The molecule has 0 aliphatic rings. The van der Waals surface area contributed by atoms with Crippen LogP contribution < -0.4 is 15.4 Å². The molecule has 6 nitrogen and oxygen atoms in total. The lowest BCUT2D eigenvalue weighted by molar-refractivity contribution is 0.137. The largest absolute Gasteiger partial charge is 0.497 e. The Bertz CT molecular complexity index is 809. The highest BCUT2D eigenvalue weighted by atomic mass is 16.5. The number of nitrogens with zero attached hydrogens (tertiary/aromatic N) is 2. The van der Waals surface area contributed by atoms with Crippen molar-refractivity contribution < 1.29 is 9.84 Å². The maximum Gasteiger partial charge on any atom is 0.187 e. The molecule has 1 heterocycles. The number of imidazole rings is 1. The molecule has 0 saturated carbocycles. The van der Waals surface area contributed by atoms with E-state index in [1.165, 1.54) is 0 Å². The van der Waals surface area contributed by atoms with Crippen molar-refractivity contribution >= 4 is 5.82 Å². The van der Waals surface area contributed by atoms with E-state index in [4.69, 9.17) is 11.2 Å². The number of nitrogens with one attached hydrogen (secondary N) is 2. The van der Waals surface area contributed by atoms with Crippen molar-refractivity contribution in [3.05, 3.63) is 41.3 Å². The van der Waals surface area contributed by atoms with E-state index in [0.29, 0.717) is 17.3 Å². The summed E-state index contributed by atoms with van der Waals surface area (Å²) in [5, 5.41) is 16.0. The number of rotatable bonds is 5. The minimum atomic E-state index is -0.937. The van der Waals surface area contributed by atoms with Gasteiger partial charge in [-0.2, -0.15) is 0 Å². The molecule has 0 fully saturated rings. The van der Waals surface area contributed by atoms with Crippen LogP contribution in [0.25, 0.3) is 0 Å². The first-order valence-electron chi connectivity index (χ1n) is 7.36. The highest BCUT2D eigenvalue weighted by molar-refractivity contribution is 5.48. The topological polar surface area (TPSA) is 71.3 Å². The Kier molecular flexibility index (Phi) is 5.86. The fourth-order valence-electron chi connectivity index (χ4n) is 2.20. The molecule has 24 heavy (non-hydrogen) atoms. The summed E-state index contributed by atoms with van der Waals surface area (Å²) in [5.41, 5.74) is 1.39. The van der Waals surface area contributed by atoms with E-state index in [9.17, 15) is 5.11 Å². The normalized spacial score (nSPS) is 11.1. The Morgan fingerprint density at radius 2 is 2.21 bits per heavy atom. The summed E-state index contributed by atoms with van der Waals surface area (Å²) in [4.78, 5) is 4.41. The fraction of sp³-hybridized carbons (Fsp3) is 0.278. The van der Waals surface area contributed by atoms with E-state index in [0.717, 1.165) is 11.3 Å². The number of aliphatic hydroxyl groups is 1. The van der Waals surface area contributed by atoms with E-state index in [2.05, 4.69) is 33.4 Å². The van der Waals surface area contributed by atoms with E-state index < -0.39 is 6.23 Å². The zero-order chi connectivity index (χ0) is 17.5. The minimum Gasteiger partial charge on any atom is -0.497 e. The molecule has 2 rings (SSSR count). The summed E-state index contributed by atoms with van der Waals surface area (Å²) in [5.74, 6) is 10.3. The number of aromatic nitrogens is 2. The Labute approximate surface area is 141 Å². The lowest BCUT2D eigenvalue weighted by Crippen LogP contribution is -2.24. The van der Waals surface area contributed by atoms with Gasteiger partial charge in [-0.1, -0.05) is 17.9 Å². The lowest BCUT2D eigenvalue weighted by atomic mass is 10.2. The molecule has 0 radical (unpaired) electrons. The molecule has 0 spiro atoms. The maximum atomic E-state index is 10.2. The van der Waals surface area contributed by atoms with Gasteiger partial charge in [0.05, 0.1) is 13.7 Å². The third-order valence-corrected chi connectivity index (χ3v) is 3.42. The van der Waals surface area contributed by atoms with E-state index >= 15 is 0 Å². The van der Waals surface area contributed by atoms with E-state index in [1.54, 1.807) is 25.8 Å². The highest BCUT2D eigenvalue weighted by Gasteiger charge is 2.19. The Balaban J connectivity index is 2.34. The number of terminal acetylenes is 1. The molecule has 1 aromatic carbocycles. The summed E-state index contributed by atoms with van der Waals surface area (Å²) in [6, 6.07) is 7.47. The number of methoxy groups -OCH3 is 1. The zero-order valence-electron chi connectivity index (χ0n) is 13.9. The van der Waals surface area contributed by atoms with Gasteiger partial charge in [-0.25, -0.2) is 4.98 Å². The molecular formula is C18H20N4O2. The summed E-state index contributed by atoms with van der Waals surface area (Å²) >= 11 is 0. The second-order valence-electron chi connectivity index (χ2n) is 4.95. The smallest absolute Gasteiger partial charge is 0.187 e. The number of benzene rings is 1. The standard InChI is InChI=1S/C18H20N4O2/c1-5-11-20-18(23)16-17(19-2)21-15(22(16)3)10-9-13-7-6-8-14(12-13)24-4/h1,6-8,12,18-20,23H,11H2,2-4H3. The average molecular weight is 324 g/mol. The van der Waals surface area contributed by atoms with Crippen LogP contribution >= 0.6 is 0 Å². The molecular weight excluding hydrogens is 304 g/mol. The number of ether oxygens (including phenoxy) is 1. The molecule has 6 heteroatoms. The fourth-order valence-corrected chi connectivity index (χ4v) is 2.20. The van der Waals surface area contributed by atoms with E-state index in [-0.39, 0.29) is 6.54 Å². The van der Waals surface area contributed by atoms with Gasteiger partial charge in [-0.15, -0.1) is 6.42 Å². The average Bonchev–Trinajstić information content (AvgIpc) is 2.93. The predicted octanol–water partition coefficient (Wildman–Crippen LogP) is 1.08. The molecule has 2 aromatic rings. The number of anilines is 1. The van der Waals surface area contributed by atoms with Crippen molar-refractivity contribution in [2.24, 2.45) is 7.05 Å². The van der Waals surface area contributed by atoms with Crippen molar-refractivity contribution in [2.45, 2.75) is 6.23 Å². The molecule has 0 saturated heterocycles. The van der Waals surface area contributed by atoms with Gasteiger partial charge >= 0.3 is 0 Å². The molecule has 0 aliphatic heterocycles. The van der Waals surface area contributed by atoms with Gasteiger partial charge in [0, 0.05) is 19.7 Å². The number of aliphatic hydroxyl groups excluding tert-OH is 1. The maximum absolute atomic E-state index is 10.2. The van der Waals surface area contributed by atoms with Crippen molar-refractivity contribution in [2.75, 3.05) is 26.0 Å². The van der Waals surface area contributed by atoms with Gasteiger partial charge in [-0.05, 0) is 24.1 Å². The Hall–Kier alpha value is -2.93. The van der Waals surface area contributed by atoms with Crippen LogP contribution in [0.1, 0.15) is 23.3 Å². The molecule has 0 aliphatic carbocycles. The lowest BCUT2D eigenvalue weighted by Gasteiger charge is -2.13. The first-order chi connectivity index (χ1) is 11.6. The summed E-state index contributed by atoms with van der Waals surface area (Å²) in [6.07, 6.45) is 4.27. The van der Waals surface area contributed by atoms with Crippen molar-refractivity contribution in [3.8, 4) is 29.9 Å². The quantitative estimate of drug-likeness (QED) is 0.567. The molecule has 1 aromatic heterocycles. The van der Waals surface area contributed by atoms with Crippen molar-refractivity contribution in [1.29, 1.82) is 0 Å². The van der Waals surface area contributed by atoms with Crippen LogP contribution in [-0.4, -0.2) is 35.4 Å². The van der Waals surface area contributed by atoms with Crippen LogP contribution in [0.15, 0.2) is 24.3 Å². The molecule has 1 unspecified atom stereocenters. The number of hydrogen-bond donors (Lipinski definition) is 3. The Morgan fingerprint density at radius 1 is 1.42 bits per heavy atom. The van der Waals surface area contributed by atoms with Gasteiger partial charge in [0.1, 0.15) is 11.4 Å². The third-order valence-electron chi connectivity index (χ3n) is 3.42. The van der Waals surface area contributed by atoms with Gasteiger partial charge < -0.3 is 19.7 Å². The summed E-state index contributed by atoms with van der Waals surface area (Å²) < 4.78 is 6.91. The van der Waals surface area contributed by atoms with Gasteiger partial charge in [0.15, 0.2) is 17.9 Å². The second kappa shape index (κ2) is 8.07. The minimum absolute atomic E-state index is 0.250. The van der Waals surface area contributed by atoms with Crippen LogP contribution in [0.3, 0.4) is 0 Å². The van der Waals surface area contributed by atoms with Crippen LogP contribution in [0, 0.1) is 24.2 Å². The monoisotopic (exact) mass is 324 g/mol. The summed E-state index contributed by atoms with van der Waals surface area (Å²) in [6.45, 7) is 0.250. The third kappa shape index (κ3) is 3.88.